The lowest BCUT2D eigenvalue weighted by Crippen LogP contribution is -2.05. The molecule has 0 saturated carbocycles. The van der Waals surface area contributed by atoms with Gasteiger partial charge in [0.05, 0.1) is 16.4 Å². The smallest absolute Gasteiger partial charge is 0.350 e. The molecule has 0 amide bonds. The quantitative estimate of drug-likeness (QED) is 0.671. The molecule has 0 aliphatic rings. The van der Waals surface area contributed by atoms with Gasteiger partial charge in [-0.15, -0.1) is 22.7 Å². The predicted octanol–water partition coefficient (Wildman–Crippen LogP) is 4.24. The largest absolute Gasteiger partial charge is 0.455 e. The Morgan fingerprint density at radius 2 is 1.95 bits per heavy atom. The Hall–Kier alpha value is -2.05. The summed E-state index contributed by atoms with van der Waals surface area (Å²) >= 11 is 2.90. The van der Waals surface area contributed by atoms with Crippen LogP contribution in [0.3, 0.4) is 0 Å². The van der Waals surface area contributed by atoms with Gasteiger partial charge in [0.25, 0.3) is 0 Å². The monoisotopic (exact) mass is 330 g/mol. The van der Waals surface area contributed by atoms with E-state index in [-0.39, 0.29) is 12.6 Å². The number of benzene rings is 1. The lowest BCUT2D eigenvalue weighted by atomic mass is 10.2. The van der Waals surface area contributed by atoms with Crippen LogP contribution in [0.25, 0.3) is 10.6 Å². The maximum absolute atomic E-state index is 12.1. The van der Waals surface area contributed by atoms with E-state index in [9.17, 15) is 4.79 Å². The zero-order valence-electron chi connectivity index (χ0n) is 12.2. The van der Waals surface area contributed by atoms with Crippen molar-refractivity contribution in [2.45, 2.75) is 20.5 Å². The fraction of sp³-hybridized carbons (Fsp3) is 0.188. The highest BCUT2D eigenvalue weighted by atomic mass is 32.1. The number of nitrogens with zero attached hydrogens (tertiary/aromatic N) is 2. The molecule has 1 aromatic carbocycles. The molecule has 0 aliphatic carbocycles. The predicted molar refractivity (Wildman–Crippen MR) is 88.3 cm³/mol. The lowest BCUT2D eigenvalue weighted by Gasteiger charge is -2.01. The van der Waals surface area contributed by atoms with Crippen molar-refractivity contribution in [1.82, 2.24) is 9.97 Å². The van der Waals surface area contributed by atoms with E-state index in [2.05, 4.69) is 9.97 Å². The molecule has 0 N–H and O–H groups in total. The van der Waals surface area contributed by atoms with E-state index in [4.69, 9.17) is 4.74 Å². The molecule has 0 spiro atoms. The van der Waals surface area contributed by atoms with E-state index in [1.165, 1.54) is 11.3 Å². The van der Waals surface area contributed by atoms with Crippen LogP contribution in [0.1, 0.15) is 26.1 Å². The lowest BCUT2D eigenvalue weighted by molar-refractivity contribution is 0.0473. The molecular weight excluding hydrogens is 316 g/mol. The highest BCUT2D eigenvalue weighted by Crippen LogP contribution is 2.24. The van der Waals surface area contributed by atoms with Crippen LogP contribution in [0.15, 0.2) is 35.7 Å². The van der Waals surface area contributed by atoms with Crippen molar-refractivity contribution >= 4 is 28.6 Å². The first-order chi connectivity index (χ1) is 10.6. The van der Waals surface area contributed by atoms with Crippen LogP contribution in [0.2, 0.25) is 0 Å². The molecular formula is C16H14N2O2S2. The fourth-order valence-corrected chi connectivity index (χ4v) is 3.64. The van der Waals surface area contributed by atoms with Gasteiger partial charge < -0.3 is 4.74 Å². The van der Waals surface area contributed by atoms with Gasteiger partial charge in [-0.2, -0.15) is 0 Å². The Kier molecular flexibility index (Phi) is 4.31. The number of carbonyl (C=O) groups excluding carboxylic acids is 1. The van der Waals surface area contributed by atoms with Crippen LogP contribution in [0.5, 0.6) is 0 Å². The number of aromatic nitrogens is 2. The van der Waals surface area contributed by atoms with Gasteiger partial charge >= 0.3 is 5.97 Å². The second kappa shape index (κ2) is 6.37. The van der Waals surface area contributed by atoms with Gasteiger partial charge in [-0.1, -0.05) is 30.3 Å². The van der Waals surface area contributed by atoms with Crippen molar-refractivity contribution in [2.24, 2.45) is 0 Å². The van der Waals surface area contributed by atoms with Crippen LogP contribution < -0.4 is 0 Å². The minimum Gasteiger partial charge on any atom is -0.455 e. The minimum absolute atomic E-state index is 0.179. The van der Waals surface area contributed by atoms with Crippen LogP contribution >= 0.6 is 22.7 Å². The van der Waals surface area contributed by atoms with Gasteiger partial charge in [-0.3, -0.25) is 0 Å². The SMILES string of the molecule is Cc1nc(C)c(C(=O)OCc2csc(-c3ccccc3)n2)s1. The maximum Gasteiger partial charge on any atom is 0.350 e. The summed E-state index contributed by atoms with van der Waals surface area (Å²) in [6.07, 6.45) is 0. The van der Waals surface area contributed by atoms with E-state index < -0.39 is 0 Å². The van der Waals surface area contributed by atoms with Crippen LogP contribution in [-0.2, 0) is 11.3 Å². The molecule has 4 nitrogen and oxygen atoms in total. The highest BCUT2D eigenvalue weighted by Gasteiger charge is 2.16. The summed E-state index contributed by atoms with van der Waals surface area (Å²) in [4.78, 5) is 21.4. The Labute approximate surface area is 136 Å². The van der Waals surface area contributed by atoms with Crippen molar-refractivity contribution in [2.75, 3.05) is 0 Å². The van der Waals surface area contributed by atoms with E-state index in [1.54, 1.807) is 11.3 Å². The first kappa shape index (κ1) is 14.9. The van der Waals surface area contributed by atoms with Crippen molar-refractivity contribution in [3.05, 3.63) is 57.0 Å². The fourth-order valence-electron chi connectivity index (χ4n) is 2.01. The third-order valence-corrected chi connectivity index (χ3v) is 5.01. The van der Waals surface area contributed by atoms with E-state index in [1.807, 2.05) is 49.6 Å². The van der Waals surface area contributed by atoms with E-state index in [0.717, 1.165) is 27.0 Å². The standard InChI is InChI=1S/C16H14N2O2S2/c1-10-14(22-11(2)17-10)16(19)20-8-13-9-21-15(18-13)12-6-4-3-5-7-12/h3-7,9H,8H2,1-2H3. The summed E-state index contributed by atoms with van der Waals surface area (Å²) in [6, 6.07) is 9.95. The zero-order chi connectivity index (χ0) is 15.5. The van der Waals surface area contributed by atoms with Gasteiger partial charge in [0.1, 0.15) is 16.5 Å². The third-order valence-electron chi connectivity index (χ3n) is 3.01. The van der Waals surface area contributed by atoms with E-state index in [0.29, 0.717) is 4.88 Å². The van der Waals surface area contributed by atoms with Crippen LogP contribution in [0.4, 0.5) is 0 Å². The van der Waals surface area contributed by atoms with Crippen molar-refractivity contribution < 1.29 is 9.53 Å². The van der Waals surface area contributed by atoms with Crippen molar-refractivity contribution in [1.29, 1.82) is 0 Å². The number of ether oxygens (including phenoxy) is 1. The molecule has 0 saturated heterocycles. The molecule has 0 radical (unpaired) electrons. The zero-order valence-corrected chi connectivity index (χ0v) is 13.8. The molecule has 2 aromatic heterocycles. The number of thiazole rings is 2. The molecule has 0 bridgehead atoms. The van der Waals surface area contributed by atoms with Crippen molar-refractivity contribution in [3.63, 3.8) is 0 Å². The van der Waals surface area contributed by atoms with Crippen LogP contribution in [-0.4, -0.2) is 15.9 Å². The highest BCUT2D eigenvalue weighted by molar-refractivity contribution is 7.13. The number of hydrogen-bond acceptors (Lipinski definition) is 6. The number of aryl methyl sites for hydroxylation is 2. The number of rotatable bonds is 4. The molecule has 3 rings (SSSR count). The van der Waals surface area contributed by atoms with Crippen molar-refractivity contribution in [3.8, 4) is 10.6 Å². The summed E-state index contributed by atoms with van der Waals surface area (Å²) in [5.74, 6) is -0.336. The molecule has 22 heavy (non-hydrogen) atoms. The average Bonchev–Trinajstić information content (AvgIpc) is 3.12. The van der Waals surface area contributed by atoms with Gasteiger partial charge in [-0.05, 0) is 13.8 Å². The summed E-state index contributed by atoms with van der Waals surface area (Å²) < 4.78 is 5.33. The normalized spacial score (nSPS) is 10.6. The van der Waals surface area contributed by atoms with Crippen LogP contribution in [0, 0.1) is 13.8 Å². The second-order valence-electron chi connectivity index (χ2n) is 4.73. The first-order valence-corrected chi connectivity index (χ1v) is 8.44. The molecule has 3 aromatic rings. The molecule has 0 aliphatic heterocycles. The average molecular weight is 330 g/mol. The minimum atomic E-state index is -0.336. The Balaban J connectivity index is 1.66. The second-order valence-corrected chi connectivity index (χ2v) is 6.79. The molecule has 0 atom stereocenters. The van der Waals surface area contributed by atoms with Gasteiger partial charge in [-0.25, -0.2) is 14.8 Å². The van der Waals surface area contributed by atoms with Gasteiger partial charge in [0.15, 0.2) is 0 Å². The summed E-state index contributed by atoms with van der Waals surface area (Å²) in [7, 11) is 0. The number of carbonyl (C=O) groups is 1. The summed E-state index contributed by atoms with van der Waals surface area (Å²) in [5, 5.41) is 3.71. The third kappa shape index (κ3) is 3.23. The van der Waals surface area contributed by atoms with Gasteiger partial charge in [0, 0.05) is 10.9 Å². The Morgan fingerprint density at radius 3 is 2.64 bits per heavy atom. The molecule has 0 unspecified atom stereocenters. The van der Waals surface area contributed by atoms with E-state index >= 15 is 0 Å². The van der Waals surface area contributed by atoms with Gasteiger partial charge in [0.2, 0.25) is 0 Å². The Morgan fingerprint density at radius 1 is 1.18 bits per heavy atom. The first-order valence-electron chi connectivity index (χ1n) is 6.74. The molecule has 2 heterocycles. The summed E-state index contributed by atoms with van der Waals surface area (Å²) in [6.45, 7) is 3.87. The maximum atomic E-state index is 12.1. The molecule has 6 heteroatoms. The summed E-state index contributed by atoms with van der Waals surface area (Å²) in [5.41, 5.74) is 2.55. The molecule has 112 valence electrons. The Bertz CT molecular complexity index is 794. The number of esters is 1. The number of hydrogen-bond donors (Lipinski definition) is 0. The topological polar surface area (TPSA) is 52.1 Å². The molecule has 0 fully saturated rings.